The second-order valence-electron chi connectivity index (χ2n) is 4.96. The molecule has 1 unspecified atom stereocenters. The Labute approximate surface area is 102 Å². The van der Waals surface area contributed by atoms with Gasteiger partial charge in [0.1, 0.15) is 0 Å². The Kier molecular flexibility index (Phi) is 2.40. The number of hydrogen-bond donors (Lipinski definition) is 1. The van der Waals surface area contributed by atoms with Crippen LogP contribution in [0.25, 0.3) is 0 Å². The highest BCUT2D eigenvalue weighted by Crippen LogP contribution is 2.42. The van der Waals surface area contributed by atoms with Crippen LogP contribution >= 0.6 is 0 Å². The van der Waals surface area contributed by atoms with Crippen LogP contribution in [0.2, 0.25) is 0 Å². The number of hydrogen-bond acceptors (Lipinski definition) is 1. The SMILES string of the molecule is O=C1CCC2Cc3cc(C(F)(F)F)ccc3[C@@H]2N1. The maximum absolute atomic E-state index is 12.6. The van der Waals surface area contributed by atoms with E-state index in [0.29, 0.717) is 12.8 Å². The van der Waals surface area contributed by atoms with Crippen LogP contribution in [-0.2, 0) is 17.4 Å². The van der Waals surface area contributed by atoms with E-state index >= 15 is 0 Å². The summed E-state index contributed by atoms with van der Waals surface area (Å²) < 4.78 is 37.9. The molecular formula is C13H12F3NO. The molecule has 1 N–H and O–H groups in total. The van der Waals surface area contributed by atoms with Gasteiger partial charge in [0.05, 0.1) is 11.6 Å². The molecule has 2 nitrogen and oxygen atoms in total. The second-order valence-corrected chi connectivity index (χ2v) is 4.96. The highest BCUT2D eigenvalue weighted by Gasteiger charge is 2.38. The molecular weight excluding hydrogens is 243 g/mol. The van der Waals surface area contributed by atoms with Crippen LogP contribution in [-0.4, -0.2) is 5.91 Å². The number of piperidine rings is 1. The zero-order chi connectivity index (χ0) is 12.9. The lowest BCUT2D eigenvalue weighted by Crippen LogP contribution is -2.36. The summed E-state index contributed by atoms with van der Waals surface area (Å²) in [6, 6.07) is 3.74. The molecule has 5 heteroatoms. The van der Waals surface area contributed by atoms with Crippen LogP contribution in [0.3, 0.4) is 0 Å². The molecule has 18 heavy (non-hydrogen) atoms. The van der Waals surface area contributed by atoms with Crippen molar-refractivity contribution in [1.29, 1.82) is 0 Å². The Bertz CT molecular complexity index is 509. The average molecular weight is 255 g/mol. The third kappa shape index (κ3) is 1.78. The number of carbonyl (C=O) groups is 1. The standard InChI is InChI=1S/C13H12F3NO/c14-13(15,16)9-2-3-10-8(6-9)5-7-1-4-11(18)17-12(7)10/h2-3,6-7,12H,1,4-5H2,(H,17,18)/t7?,12-/m1/s1. The van der Waals surface area contributed by atoms with Crippen LogP contribution in [0.5, 0.6) is 0 Å². The third-order valence-corrected chi connectivity index (χ3v) is 3.82. The summed E-state index contributed by atoms with van der Waals surface area (Å²) in [4.78, 5) is 11.4. The highest BCUT2D eigenvalue weighted by molar-refractivity contribution is 5.77. The van der Waals surface area contributed by atoms with Crippen LogP contribution in [0.1, 0.15) is 35.6 Å². The van der Waals surface area contributed by atoms with Gasteiger partial charge in [0.25, 0.3) is 0 Å². The summed E-state index contributed by atoms with van der Waals surface area (Å²) in [5, 5.41) is 2.87. The molecule has 2 atom stereocenters. The summed E-state index contributed by atoms with van der Waals surface area (Å²) in [6.07, 6.45) is -2.44. The Morgan fingerprint density at radius 3 is 2.78 bits per heavy atom. The van der Waals surface area contributed by atoms with Crippen LogP contribution in [0.4, 0.5) is 13.2 Å². The van der Waals surface area contributed by atoms with Crippen molar-refractivity contribution < 1.29 is 18.0 Å². The van der Waals surface area contributed by atoms with Gasteiger partial charge in [0.15, 0.2) is 0 Å². The minimum atomic E-state index is -4.30. The molecule has 1 aliphatic carbocycles. The molecule has 2 aliphatic rings. The zero-order valence-corrected chi connectivity index (χ0v) is 9.55. The number of benzene rings is 1. The fourth-order valence-electron chi connectivity index (χ4n) is 2.94. The quantitative estimate of drug-likeness (QED) is 0.758. The van der Waals surface area contributed by atoms with Crippen LogP contribution in [0.15, 0.2) is 18.2 Å². The van der Waals surface area contributed by atoms with Gasteiger partial charge in [-0.15, -0.1) is 0 Å². The van der Waals surface area contributed by atoms with Crippen molar-refractivity contribution in [3.8, 4) is 0 Å². The lowest BCUT2D eigenvalue weighted by atomic mass is 9.91. The van der Waals surface area contributed by atoms with Gasteiger partial charge in [-0.25, -0.2) is 0 Å². The van der Waals surface area contributed by atoms with Gasteiger partial charge in [-0.1, -0.05) is 6.07 Å². The first-order valence-corrected chi connectivity index (χ1v) is 5.94. The normalized spacial score (nSPS) is 26.5. The van der Waals surface area contributed by atoms with Crippen molar-refractivity contribution in [3.05, 3.63) is 34.9 Å². The molecule has 1 aromatic carbocycles. The lowest BCUT2D eigenvalue weighted by molar-refractivity contribution is -0.137. The molecule has 96 valence electrons. The second kappa shape index (κ2) is 3.73. The Balaban J connectivity index is 1.97. The zero-order valence-electron chi connectivity index (χ0n) is 9.55. The van der Waals surface area contributed by atoms with Gasteiger partial charge >= 0.3 is 6.18 Å². The van der Waals surface area contributed by atoms with E-state index in [0.717, 1.165) is 23.6 Å². The first-order chi connectivity index (χ1) is 8.45. The van der Waals surface area contributed by atoms with Crippen molar-refractivity contribution in [2.45, 2.75) is 31.5 Å². The molecule has 1 fully saturated rings. The van der Waals surface area contributed by atoms with Gasteiger partial charge in [-0.05, 0) is 42.0 Å². The van der Waals surface area contributed by atoms with E-state index in [1.807, 2.05) is 0 Å². The smallest absolute Gasteiger partial charge is 0.349 e. The van der Waals surface area contributed by atoms with Crippen molar-refractivity contribution >= 4 is 5.91 Å². The highest BCUT2D eigenvalue weighted by atomic mass is 19.4. The summed E-state index contributed by atoms with van der Waals surface area (Å²) in [7, 11) is 0. The van der Waals surface area contributed by atoms with Crippen molar-refractivity contribution in [2.24, 2.45) is 5.92 Å². The molecule has 1 heterocycles. The van der Waals surface area contributed by atoms with E-state index in [-0.39, 0.29) is 17.9 Å². The van der Waals surface area contributed by atoms with Gasteiger partial charge in [-0.2, -0.15) is 13.2 Å². The van der Waals surface area contributed by atoms with Crippen molar-refractivity contribution in [2.75, 3.05) is 0 Å². The number of rotatable bonds is 0. The maximum atomic E-state index is 12.6. The van der Waals surface area contributed by atoms with E-state index in [9.17, 15) is 18.0 Å². The molecule has 1 amide bonds. The first kappa shape index (κ1) is 11.6. The Morgan fingerprint density at radius 2 is 2.06 bits per heavy atom. The molecule has 0 saturated carbocycles. The van der Waals surface area contributed by atoms with E-state index < -0.39 is 11.7 Å². The van der Waals surface area contributed by atoms with E-state index in [2.05, 4.69) is 5.32 Å². The molecule has 0 aromatic heterocycles. The molecule has 1 saturated heterocycles. The maximum Gasteiger partial charge on any atom is 0.416 e. The average Bonchev–Trinajstić information content (AvgIpc) is 2.65. The largest absolute Gasteiger partial charge is 0.416 e. The Morgan fingerprint density at radius 1 is 1.28 bits per heavy atom. The van der Waals surface area contributed by atoms with E-state index in [1.165, 1.54) is 12.1 Å². The van der Waals surface area contributed by atoms with Crippen LogP contribution < -0.4 is 5.32 Å². The molecule has 0 radical (unpaired) electrons. The fourth-order valence-corrected chi connectivity index (χ4v) is 2.94. The lowest BCUT2D eigenvalue weighted by Gasteiger charge is -2.26. The number of amides is 1. The molecule has 0 bridgehead atoms. The molecule has 3 rings (SSSR count). The summed E-state index contributed by atoms with van der Waals surface area (Å²) in [5.41, 5.74) is 0.967. The monoisotopic (exact) mass is 255 g/mol. The number of fused-ring (bicyclic) bond motifs is 3. The summed E-state index contributed by atoms with van der Waals surface area (Å²) >= 11 is 0. The fraction of sp³-hybridized carbons (Fsp3) is 0.462. The minimum Gasteiger partial charge on any atom is -0.349 e. The summed E-state index contributed by atoms with van der Waals surface area (Å²) in [5.74, 6) is 0.241. The van der Waals surface area contributed by atoms with E-state index in [1.54, 1.807) is 0 Å². The van der Waals surface area contributed by atoms with E-state index in [4.69, 9.17) is 0 Å². The topological polar surface area (TPSA) is 29.1 Å². The van der Waals surface area contributed by atoms with Gasteiger partial charge in [-0.3, -0.25) is 4.79 Å². The predicted octanol–water partition coefficient (Wildman–Crippen LogP) is 2.83. The van der Waals surface area contributed by atoms with Crippen LogP contribution in [0, 0.1) is 5.92 Å². The molecule has 1 aromatic rings. The number of carbonyl (C=O) groups excluding carboxylic acids is 1. The predicted molar refractivity (Wildman–Crippen MR) is 58.8 cm³/mol. The third-order valence-electron chi connectivity index (χ3n) is 3.82. The van der Waals surface area contributed by atoms with Gasteiger partial charge in [0, 0.05) is 6.42 Å². The first-order valence-electron chi connectivity index (χ1n) is 5.94. The van der Waals surface area contributed by atoms with Crippen molar-refractivity contribution in [3.63, 3.8) is 0 Å². The molecule has 0 spiro atoms. The number of alkyl halides is 3. The van der Waals surface area contributed by atoms with Gasteiger partial charge < -0.3 is 5.32 Å². The van der Waals surface area contributed by atoms with Gasteiger partial charge in [0.2, 0.25) is 5.91 Å². The molecule has 1 aliphatic heterocycles. The summed E-state index contributed by atoms with van der Waals surface area (Å²) in [6.45, 7) is 0. The number of nitrogens with one attached hydrogen (secondary N) is 1. The minimum absolute atomic E-state index is 0.0102. The van der Waals surface area contributed by atoms with Crippen molar-refractivity contribution in [1.82, 2.24) is 5.32 Å². The number of halogens is 3. The Hall–Kier alpha value is -1.52.